The molecule has 2 heterocycles. The number of rotatable bonds is 2. The third-order valence-corrected chi connectivity index (χ3v) is 4.98. The summed E-state index contributed by atoms with van der Waals surface area (Å²) in [5.41, 5.74) is -0.573. The number of anilines is 1. The fourth-order valence-electron chi connectivity index (χ4n) is 2.62. The zero-order valence-corrected chi connectivity index (χ0v) is 13.6. The first kappa shape index (κ1) is 16.7. The molecule has 1 aliphatic rings. The van der Waals surface area contributed by atoms with Crippen molar-refractivity contribution in [2.75, 3.05) is 11.1 Å². The highest BCUT2D eigenvalue weighted by molar-refractivity contribution is 8.00. The second-order valence-electron chi connectivity index (χ2n) is 5.67. The number of nitrogens with one attached hydrogen (secondary N) is 2. The molecule has 2 N–H and O–H groups in total. The van der Waals surface area contributed by atoms with Gasteiger partial charge in [0, 0.05) is 11.6 Å². The summed E-state index contributed by atoms with van der Waals surface area (Å²) in [6.07, 6.45) is 0. The van der Waals surface area contributed by atoms with E-state index in [1.807, 2.05) is 0 Å². The maximum Gasteiger partial charge on any atom is 0.270 e. The van der Waals surface area contributed by atoms with Crippen LogP contribution in [0.5, 0.6) is 0 Å². The van der Waals surface area contributed by atoms with Gasteiger partial charge in [0.1, 0.15) is 5.82 Å². The van der Waals surface area contributed by atoms with Crippen LogP contribution < -0.4 is 10.9 Å². The maximum absolute atomic E-state index is 14.2. The van der Waals surface area contributed by atoms with Crippen LogP contribution in [0.3, 0.4) is 0 Å². The van der Waals surface area contributed by atoms with Crippen LogP contribution in [0.25, 0.3) is 0 Å². The number of carbonyl (C=O) groups excluding carboxylic acids is 1. The molecular weight excluding hydrogens is 343 g/mol. The van der Waals surface area contributed by atoms with Gasteiger partial charge in [0.15, 0.2) is 17.5 Å². The molecule has 9 heteroatoms. The Hall–Kier alpha value is -2.16. The van der Waals surface area contributed by atoms with Gasteiger partial charge in [0.25, 0.3) is 5.56 Å². The maximum atomic E-state index is 14.2. The van der Waals surface area contributed by atoms with Crippen LogP contribution in [0, 0.1) is 17.5 Å². The lowest BCUT2D eigenvalue weighted by molar-refractivity contribution is -0.113. The van der Waals surface area contributed by atoms with Gasteiger partial charge in [0.2, 0.25) is 5.91 Å². The van der Waals surface area contributed by atoms with Crippen LogP contribution in [-0.4, -0.2) is 21.4 Å². The van der Waals surface area contributed by atoms with Gasteiger partial charge in [-0.05, 0) is 19.9 Å². The Morgan fingerprint density at radius 3 is 2.58 bits per heavy atom. The summed E-state index contributed by atoms with van der Waals surface area (Å²) >= 11 is 0.981. The van der Waals surface area contributed by atoms with Crippen molar-refractivity contribution in [2.24, 2.45) is 0 Å². The highest BCUT2D eigenvalue weighted by Gasteiger charge is 2.33. The normalized spacial score (nSPS) is 17.6. The molecule has 1 aromatic carbocycles. The zero-order valence-electron chi connectivity index (χ0n) is 12.8. The number of aromatic nitrogens is 2. The van der Waals surface area contributed by atoms with E-state index >= 15 is 0 Å². The van der Waals surface area contributed by atoms with Crippen molar-refractivity contribution in [3.05, 3.63) is 51.1 Å². The minimum Gasteiger partial charge on any atom is -0.310 e. The summed E-state index contributed by atoms with van der Waals surface area (Å²) in [7, 11) is 0. The summed E-state index contributed by atoms with van der Waals surface area (Å²) in [5, 5.41) is 4.28. The van der Waals surface area contributed by atoms with Crippen molar-refractivity contribution >= 4 is 23.5 Å². The van der Waals surface area contributed by atoms with Gasteiger partial charge >= 0.3 is 0 Å². The molecule has 5 nitrogen and oxygen atoms in total. The molecule has 128 valence electrons. The molecule has 0 spiro atoms. The summed E-state index contributed by atoms with van der Waals surface area (Å²) in [4.78, 5) is 24.3. The zero-order chi connectivity index (χ0) is 17.6. The molecule has 1 atom stereocenters. The molecule has 3 rings (SSSR count). The Labute approximate surface area is 139 Å². The Morgan fingerprint density at radius 1 is 1.21 bits per heavy atom. The highest BCUT2D eigenvalue weighted by atomic mass is 32.2. The number of benzene rings is 1. The van der Waals surface area contributed by atoms with E-state index in [-0.39, 0.29) is 34.6 Å². The summed E-state index contributed by atoms with van der Waals surface area (Å²) in [6.45, 7) is 3.60. The smallest absolute Gasteiger partial charge is 0.270 e. The van der Waals surface area contributed by atoms with Gasteiger partial charge in [-0.15, -0.1) is 11.8 Å². The molecule has 0 radical (unpaired) electrons. The first-order valence-corrected chi connectivity index (χ1v) is 8.25. The fraction of sp³-hybridized carbons (Fsp3) is 0.333. The number of nitrogens with zero attached hydrogens (tertiary/aromatic N) is 1. The van der Waals surface area contributed by atoms with Gasteiger partial charge in [-0.25, -0.2) is 13.2 Å². The number of carbonyl (C=O) groups is 1. The number of fused-ring (bicyclic) bond motifs is 1. The van der Waals surface area contributed by atoms with E-state index < -0.39 is 28.3 Å². The minimum atomic E-state index is -1.60. The van der Waals surface area contributed by atoms with E-state index in [4.69, 9.17) is 0 Å². The van der Waals surface area contributed by atoms with Crippen LogP contribution in [0.15, 0.2) is 16.9 Å². The van der Waals surface area contributed by atoms with Crippen LogP contribution >= 0.6 is 11.8 Å². The van der Waals surface area contributed by atoms with Crippen molar-refractivity contribution in [2.45, 2.75) is 25.1 Å². The lowest BCUT2D eigenvalue weighted by Gasteiger charge is -2.16. The van der Waals surface area contributed by atoms with Crippen molar-refractivity contribution in [1.82, 2.24) is 9.78 Å². The average molecular weight is 357 g/mol. The number of amides is 1. The second-order valence-corrected chi connectivity index (χ2v) is 6.76. The summed E-state index contributed by atoms with van der Waals surface area (Å²) in [5.74, 6) is -4.45. The lowest BCUT2D eigenvalue weighted by Crippen LogP contribution is -2.17. The first-order valence-electron chi connectivity index (χ1n) is 7.20. The standard InChI is InChI=1S/C15H14F3N3O2S/c1-6(2)21-14-10(15(23)20-21)13(24-5-9(22)19-14)7-3-4-8(16)12(18)11(7)17/h3-4,6,13H,5H2,1-2H3,(H,19,22)(H,20,23). The van der Waals surface area contributed by atoms with Crippen molar-refractivity contribution in [3.8, 4) is 0 Å². The number of hydrogen-bond donors (Lipinski definition) is 2. The average Bonchev–Trinajstić information content (AvgIpc) is 2.73. The Balaban J connectivity index is 2.24. The van der Waals surface area contributed by atoms with E-state index in [0.717, 1.165) is 23.9 Å². The number of hydrogen-bond acceptors (Lipinski definition) is 3. The van der Waals surface area contributed by atoms with Gasteiger partial charge in [-0.2, -0.15) is 0 Å². The molecule has 0 saturated carbocycles. The summed E-state index contributed by atoms with van der Waals surface area (Å²) < 4.78 is 42.5. The van der Waals surface area contributed by atoms with Crippen molar-refractivity contribution < 1.29 is 18.0 Å². The Morgan fingerprint density at radius 2 is 1.92 bits per heavy atom. The molecular formula is C15H14F3N3O2S. The van der Waals surface area contributed by atoms with Gasteiger partial charge in [0.05, 0.1) is 16.6 Å². The topological polar surface area (TPSA) is 66.9 Å². The fourth-order valence-corrected chi connectivity index (χ4v) is 3.76. The molecule has 0 aliphatic carbocycles. The summed E-state index contributed by atoms with van der Waals surface area (Å²) in [6, 6.07) is 1.74. The van der Waals surface area contributed by atoms with Crippen molar-refractivity contribution in [3.63, 3.8) is 0 Å². The predicted molar refractivity (Wildman–Crippen MR) is 84.7 cm³/mol. The molecule has 1 aromatic heterocycles. The van der Waals surface area contributed by atoms with Crippen molar-refractivity contribution in [1.29, 1.82) is 0 Å². The van der Waals surface area contributed by atoms with Gasteiger partial charge < -0.3 is 5.32 Å². The molecule has 0 saturated heterocycles. The van der Waals surface area contributed by atoms with Gasteiger partial charge in [-0.1, -0.05) is 6.07 Å². The molecule has 24 heavy (non-hydrogen) atoms. The molecule has 0 fully saturated rings. The third kappa shape index (κ3) is 2.62. The number of aromatic amines is 1. The van der Waals surface area contributed by atoms with Crippen LogP contribution in [-0.2, 0) is 4.79 Å². The second kappa shape index (κ2) is 6.04. The van der Waals surface area contributed by atoms with E-state index in [1.54, 1.807) is 13.8 Å². The van der Waals surface area contributed by atoms with Crippen LogP contribution in [0.4, 0.5) is 19.0 Å². The van der Waals surface area contributed by atoms with E-state index in [2.05, 4.69) is 10.4 Å². The Bertz CT molecular complexity index is 876. The predicted octanol–water partition coefficient (Wildman–Crippen LogP) is 2.95. The van der Waals surface area contributed by atoms with Crippen LogP contribution in [0.2, 0.25) is 0 Å². The quantitative estimate of drug-likeness (QED) is 0.812. The third-order valence-electron chi connectivity index (χ3n) is 3.73. The first-order chi connectivity index (χ1) is 11.3. The lowest BCUT2D eigenvalue weighted by atomic mass is 10.0. The van der Waals surface area contributed by atoms with Crippen LogP contribution in [0.1, 0.15) is 36.3 Å². The van der Waals surface area contributed by atoms with Gasteiger partial charge in [-0.3, -0.25) is 19.4 Å². The molecule has 0 bridgehead atoms. The monoisotopic (exact) mass is 357 g/mol. The molecule has 2 aromatic rings. The molecule has 1 unspecified atom stereocenters. The SMILES string of the molecule is CC(C)n1[nH]c(=O)c2c1NC(=O)CSC2c1ccc(F)c(F)c1F. The van der Waals surface area contributed by atoms with E-state index in [1.165, 1.54) is 4.68 Å². The number of halogens is 3. The minimum absolute atomic E-state index is 0.0463. The molecule has 1 amide bonds. The number of thioether (sulfide) groups is 1. The Kier molecular flexibility index (Phi) is 4.20. The number of H-pyrrole nitrogens is 1. The van der Waals surface area contributed by atoms with E-state index in [9.17, 15) is 22.8 Å². The largest absolute Gasteiger partial charge is 0.310 e. The molecule has 1 aliphatic heterocycles. The van der Waals surface area contributed by atoms with E-state index in [0.29, 0.717) is 0 Å². The highest BCUT2D eigenvalue weighted by Crippen LogP contribution is 2.41.